The highest BCUT2D eigenvalue weighted by molar-refractivity contribution is 5.89. The first-order valence-corrected chi connectivity index (χ1v) is 8.29. The quantitative estimate of drug-likeness (QED) is 0.631. The van der Waals surface area contributed by atoms with Crippen molar-refractivity contribution in [3.8, 4) is 5.88 Å². The van der Waals surface area contributed by atoms with Crippen LogP contribution >= 0.6 is 0 Å². The van der Waals surface area contributed by atoms with E-state index in [-0.39, 0.29) is 12.1 Å². The van der Waals surface area contributed by atoms with Gasteiger partial charge in [0.05, 0.1) is 24.5 Å². The molecule has 0 bridgehead atoms. The van der Waals surface area contributed by atoms with Gasteiger partial charge in [0.15, 0.2) is 0 Å². The fraction of sp³-hybridized carbons (Fsp3) is 0.263. The Morgan fingerprint density at radius 2 is 2.08 bits per heavy atom. The Morgan fingerprint density at radius 3 is 2.81 bits per heavy atom. The second kappa shape index (κ2) is 8.35. The molecule has 0 spiro atoms. The van der Waals surface area contributed by atoms with E-state index in [0.29, 0.717) is 30.5 Å². The number of urea groups is 1. The van der Waals surface area contributed by atoms with Crippen molar-refractivity contribution >= 4 is 22.7 Å². The first-order chi connectivity index (χ1) is 12.7. The highest BCUT2D eigenvalue weighted by Gasteiger charge is 2.14. The van der Waals surface area contributed by atoms with Crippen LogP contribution in [0.15, 0.2) is 53.1 Å². The molecular weight excluding hydrogens is 334 g/mol. The molecule has 2 N–H and O–H groups in total. The van der Waals surface area contributed by atoms with Gasteiger partial charge in [0.1, 0.15) is 18.0 Å². The molecule has 0 radical (unpaired) electrons. The van der Waals surface area contributed by atoms with Gasteiger partial charge in [-0.25, -0.2) is 9.78 Å². The van der Waals surface area contributed by atoms with Gasteiger partial charge in [-0.3, -0.25) is 0 Å². The predicted molar refractivity (Wildman–Crippen MR) is 98.4 cm³/mol. The molecule has 1 atom stereocenters. The Labute approximate surface area is 151 Å². The monoisotopic (exact) mass is 355 g/mol. The third kappa shape index (κ3) is 4.52. The number of amides is 2. The summed E-state index contributed by atoms with van der Waals surface area (Å²) >= 11 is 0. The molecule has 3 aromatic rings. The predicted octanol–water partition coefficient (Wildman–Crippen LogP) is 3.74. The summed E-state index contributed by atoms with van der Waals surface area (Å²) in [4.78, 5) is 16.3. The lowest BCUT2D eigenvalue weighted by molar-refractivity contribution is 0.144. The van der Waals surface area contributed by atoms with Crippen LogP contribution < -0.4 is 15.4 Å². The Kier molecular flexibility index (Phi) is 5.70. The van der Waals surface area contributed by atoms with Gasteiger partial charge in [0, 0.05) is 18.6 Å². The van der Waals surface area contributed by atoms with Gasteiger partial charge in [-0.2, -0.15) is 0 Å². The van der Waals surface area contributed by atoms with Crippen molar-refractivity contribution < 1.29 is 18.7 Å². The van der Waals surface area contributed by atoms with Gasteiger partial charge >= 0.3 is 6.03 Å². The molecule has 7 heteroatoms. The van der Waals surface area contributed by atoms with Gasteiger partial charge in [-0.15, -0.1) is 0 Å². The summed E-state index contributed by atoms with van der Waals surface area (Å²) in [6.45, 7) is 2.78. The molecule has 0 aliphatic heterocycles. The van der Waals surface area contributed by atoms with Crippen molar-refractivity contribution in [3.05, 3.63) is 54.4 Å². The lowest BCUT2D eigenvalue weighted by atomic mass is 10.2. The SMILES string of the molecule is COCCOc1ccc(NC(=O)NC(C)c2cc3ccccc3o2)cn1. The zero-order valence-electron chi connectivity index (χ0n) is 14.7. The average Bonchev–Trinajstić information content (AvgIpc) is 3.08. The highest BCUT2D eigenvalue weighted by Crippen LogP contribution is 2.23. The minimum atomic E-state index is -0.340. The maximum absolute atomic E-state index is 12.2. The summed E-state index contributed by atoms with van der Waals surface area (Å²) in [5, 5.41) is 6.58. The number of anilines is 1. The summed E-state index contributed by atoms with van der Waals surface area (Å²) < 4.78 is 16.0. The molecule has 0 saturated carbocycles. The van der Waals surface area contributed by atoms with Crippen LogP contribution in [0.25, 0.3) is 11.0 Å². The Bertz CT molecular complexity index is 828. The number of nitrogens with one attached hydrogen (secondary N) is 2. The van der Waals surface area contributed by atoms with Crippen molar-refractivity contribution in [2.75, 3.05) is 25.6 Å². The van der Waals surface area contributed by atoms with E-state index in [0.717, 1.165) is 11.0 Å². The minimum absolute atomic E-state index is 0.271. The second-order valence-corrected chi connectivity index (χ2v) is 5.73. The Morgan fingerprint density at radius 1 is 1.23 bits per heavy atom. The topological polar surface area (TPSA) is 85.6 Å². The molecule has 7 nitrogen and oxygen atoms in total. The van der Waals surface area contributed by atoms with Crippen molar-refractivity contribution in [1.29, 1.82) is 0 Å². The Hall–Kier alpha value is -3.06. The van der Waals surface area contributed by atoms with E-state index in [1.165, 1.54) is 6.20 Å². The van der Waals surface area contributed by atoms with Crippen LogP contribution in [0.5, 0.6) is 5.88 Å². The number of carbonyl (C=O) groups is 1. The molecule has 0 saturated heterocycles. The van der Waals surface area contributed by atoms with Crippen LogP contribution in [-0.4, -0.2) is 31.3 Å². The molecule has 26 heavy (non-hydrogen) atoms. The minimum Gasteiger partial charge on any atom is -0.475 e. The van der Waals surface area contributed by atoms with Gasteiger partial charge in [-0.1, -0.05) is 18.2 Å². The van der Waals surface area contributed by atoms with Crippen molar-refractivity contribution in [1.82, 2.24) is 10.3 Å². The standard InChI is InChI=1S/C19H21N3O4/c1-13(17-11-14-5-3-4-6-16(14)26-17)21-19(23)22-15-7-8-18(20-12-15)25-10-9-24-2/h3-8,11-13H,9-10H2,1-2H3,(H2,21,22,23). The summed E-state index contributed by atoms with van der Waals surface area (Å²) in [6, 6.07) is 12.4. The third-order valence-electron chi connectivity index (χ3n) is 3.75. The second-order valence-electron chi connectivity index (χ2n) is 5.73. The van der Waals surface area contributed by atoms with E-state index in [9.17, 15) is 4.79 Å². The van der Waals surface area contributed by atoms with E-state index in [2.05, 4.69) is 15.6 Å². The van der Waals surface area contributed by atoms with Crippen LogP contribution in [-0.2, 0) is 4.74 Å². The summed E-state index contributed by atoms with van der Waals surface area (Å²) in [7, 11) is 1.61. The molecular formula is C19H21N3O4. The van der Waals surface area contributed by atoms with E-state index >= 15 is 0 Å². The number of methoxy groups -OCH3 is 1. The summed E-state index contributed by atoms with van der Waals surface area (Å²) in [6.07, 6.45) is 1.54. The molecule has 0 aliphatic carbocycles. The van der Waals surface area contributed by atoms with Gasteiger partial charge in [0.2, 0.25) is 5.88 Å². The number of para-hydroxylation sites is 1. The lowest BCUT2D eigenvalue weighted by Gasteiger charge is -2.12. The van der Waals surface area contributed by atoms with E-state index in [1.807, 2.05) is 37.3 Å². The zero-order valence-corrected chi connectivity index (χ0v) is 14.7. The van der Waals surface area contributed by atoms with E-state index < -0.39 is 0 Å². The molecule has 3 rings (SSSR count). The van der Waals surface area contributed by atoms with Gasteiger partial charge < -0.3 is 24.5 Å². The van der Waals surface area contributed by atoms with Crippen molar-refractivity contribution in [3.63, 3.8) is 0 Å². The Balaban J connectivity index is 1.54. The molecule has 2 aromatic heterocycles. The number of ether oxygens (including phenoxy) is 2. The number of fused-ring (bicyclic) bond motifs is 1. The van der Waals surface area contributed by atoms with Crippen molar-refractivity contribution in [2.24, 2.45) is 0 Å². The molecule has 2 heterocycles. The summed E-state index contributed by atoms with van der Waals surface area (Å²) in [5.74, 6) is 1.17. The number of hydrogen-bond acceptors (Lipinski definition) is 5. The number of nitrogens with zero attached hydrogens (tertiary/aromatic N) is 1. The normalized spacial score (nSPS) is 11.9. The van der Waals surface area contributed by atoms with E-state index in [1.54, 1.807) is 19.2 Å². The first-order valence-electron chi connectivity index (χ1n) is 8.29. The number of aromatic nitrogens is 1. The zero-order chi connectivity index (χ0) is 18.4. The molecule has 2 amide bonds. The van der Waals surface area contributed by atoms with Crippen LogP contribution in [0.2, 0.25) is 0 Å². The molecule has 1 aromatic carbocycles. The number of carbonyl (C=O) groups excluding carboxylic acids is 1. The van der Waals surface area contributed by atoms with Gasteiger partial charge in [0.25, 0.3) is 0 Å². The average molecular weight is 355 g/mol. The number of benzene rings is 1. The fourth-order valence-corrected chi connectivity index (χ4v) is 2.42. The maximum Gasteiger partial charge on any atom is 0.319 e. The van der Waals surface area contributed by atoms with Crippen LogP contribution in [0.4, 0.5) is 10.5 Å². The van der Waals surface area contributed by atoms with Crippen LogP contribution in [0.1, 0.15) is 18.7 Å². The van der Waals surface area contributed by atoms with Crippen molar-refractivity contribution in [2.45, 2.75) is 13.0 Å². The third-order valence-corrected chi connectivity index (χ3v) is 3.75. The maximum atomic E-state index is 12.2. The highest BCUT2D eigenvalue weighted by atomic mass is 16.5. The smallest absolute Gasteiger partial charge is 0.319 e. The van der Waals surface area contributed by atoms with Crippen LogP contribution in [0, 0.1) is 0 Å². The number of rotatable bonds is 7. The number of pyridine rings is 1. The summed E-state index contributed by atoms with van der Waals surface area (Å²) in [5.41, 5.74) is 1.36. The first kappa shape index (κ1) is 17.8. The van der Waals surface area contributed by atoms with Gasteiger partial charge in [-0.05, 0) is 25.1 Å². The van der Waals surface area contributed by atoms with Crippen LogP contribution in [0.3, 0.4) is 0 Å². The largest absolute Gasteiger partial charge is 0.475 e. The number of furan rings is 1. The molecule has 0 aliphatic rings. The lowest BCUT2D eigenvalue weighted by Crippen LogP contribution is -2.31. The molecule has 136 valence electrons. The van der Waals surface area contributed by atoms with E-state index in [4.69, 9.17) is 13.9 Å². The fourth-order valence-electron chi connectivity index (χ4n) is 2.42. The molecule has 0 fully saturated rings. The molecule has 1 unspecified atom stereocenters. The number of hydrogen-bond donors (Lipinski definition) is 2.